The quantitative estimate of drug-likeness (QED) is 0.175. The van der Waals surface area contributed by atoms with Crippen LogP contribution in [0.4, 0.5) is 0 Å². The van der Waals surface area contributed by atoms with Gasteiger partial charge in [-0.2, -0.15) is 0 Å². The number of aryl methyl sites for hydroxylation is 1. The van der Waals surface area contributed by atoms with Crippen molar-refractivity contribution in [2.45, 2.75) is 52.6 Å². The highest BCUT2D eigenvalue weighted by atomic mass is 16.5. The number of benzene rings is 2. The highest BCUT2D eigenvalue weighted by Gasteiger charge is 2.35. The lowest BCUT2D eigenvalue weighted by atomic mass is 9.82. The summed E-state index contributed by atoms with van der Waals surface area (Å²) in [6, 6.07) is 15.2. The normalized spacial score (nSPS) is 21.4. The Kier molecular flexibility index (Phi) is 8.97. The summed E-state index contributed by atoms with van der Waals surface area (Å²) in [5.41, 5.74) is 12.7. The summed E-state index contributed by atoms with van der Waals surface area (Å²) in [6.07, 6.45) is 7.85. The van der Waals surface area contributed by atoms with Crippen molar-refractivity contribution in [2.75, 3.05) is 7.11 Å². The zero-order chi connectivity index (χ0) is 28.1. The van der Waals surface area contributed by atoms with Gasteiger partial charge in [0.2, 0.25) is 5.91 Å². The van der Waals surface area contributed by atoms with Crippen molar-refractivity contribution < 1.29 is 19.1 Å². The predicted octanol–water partition coefficient (Wildman–Crippen LogP) is 5.84. The molecule has 0 heterocycles. The van der Waals surface area contributed by atoms with Crippen molar-refractivity contribution in [1.29, 1.82) is 0 Å². The molecule has 1 amide bonds. The Hall–Kier alpha value is -3.77. The van der Waals surface area contributed by atoms with E-state index in [0.717, 1.165) is 12.3 Å². The SMILES string of the molecule is C/C=C(\CC(=O)OC)C(=O)c1cccc(C(N)NC(=O)C2C=C(CC3CC3C)C(c3ccccc3C)=CC2)c1. The lowest BCUT2D eigenvalue weighted by molar-refractivity contribution is -0.139. The van der Waals surface area contributed by atoms with E-state index in [0.29, 0.717) is 29.0 Å². The highest BCUT2D eigenvalue weighted by molar-refractivity contribution is 6.10. The van der Waals surface area contributed by atoms with Crippen LogP contribution in [0.5, 0.6) is 0 Å². The van der Waals surface area contributed by atoms with Crippen LogP contribution in [0.3, 0.4) is 0 Å². The Bertz CT molecular complexity index is 1350. The predicted molar refractivity (Wildman–Crippen MR) is 153 cm³/mol. The third-order valence-corrected chi connectivity index (χ3v) is 7.86. The second kappa shape index (κ2) is 12.4. The van der Waals surface area contributed by atoms with Crippen molar-refractivity contribution in [3.05, 3.63) is 100 Å². The summed E-state index contributed by atoms with van der Waals surface area (Å²) in [5, 5.41) is 2.95. The van der Waals surface area contributed by atoms with Crippen LogP contribution in [0.25, 0.3) is 5.57 Å². The van der Waals surface area contributed by atoms with Crippen molar-refractivity contribution in [3.63, 3.8) is 0 Å². The molecular formula is C33H38N2O4. The third-order valence-electron chi connectivity index (χ3n) is 7.86. The minimum atomic E-state index is -0.776. The molecular weight excluding hydrogens is 488 g/mol. The van der Waals surface area contributed by atoms with Gasteiger partial charge in [-0.15, -0.1) is 0 Å². The summed E-state index contributed by atoms with van der Waals surface area (Å²) < 4.78 is 4.70. The smallest absolute Gasteiger partial charge is 0.310 e. The second-order valence-corrected chi connectivity index (χ2v) is 10.7. The fourth-order valence-electron chi connectivity index (χ4n) is 5.20. The number of nitrogens with two attached hydrogens (primary N) is 1. The van der Waals surface area contributed by atoms with E-state index in [1.807, 2.05) is 6.07 Å². The highest BCUT2D eigenvalue weighted by Crippen LogP contribution is 2.46. The lowest BCUT2D eigenvalue weighted by Gasteiger charge is -2.25. The second-order valence-electron chi connectivity index (χ2n) is 10.7. The molecule has 4 atom stereocenters. The molecule has 0 aliphatic heterocycles. The Morgan fingerprint density at radius 3 is 2.56 bits per heavy atom. The molecule has 0 bridgehead atoms. The molecule has 0 radical (unpaired) electrons. The molecule has 1 saturated carbocycles. The Morgan fingerprint density at radius 1 is 1.15 bits per heavy atom. The molecule has 3 N–H and O–H groups in total. The molecule has 4 rings (SSSR count). The van der Waals surface area contributed by atoms with Gasteiger partial charge in [-0.05, 0) is 78.8 Å². The number of carbonyl (C=O) groups is 3. The van der Waals surface area contributed by atoms with Gasteiger partial charge in [0.25, 0.3) is 0 Å². The van der Waals surface area contributed by atoms with Gasteiger partial charge < -0.3 is 15.8 Å². The summed E-state index contributed by atoms with van der Waals surface area (Å²) in [4.78, 5) is 38.0. The number of Topliss-reactive ketones (excluding diaryl/α,β-unsaturated/α-hetero) is 1. The maximum Gasteiger partial charge on any atom is 0.310 e. The molecule has 39 heavy (non-hydrogen) atoms. The average molecular weight is 527 g/mol. The number of hydrogen-bond donors (Lipinski definition) is 2. The molecule has 0 spiro atoms. The minimum Gasteiger partial charge on any atom is -0.469 e. The molecule has 2 aromatic carbocycles. The zero-order valence-electron chi connectivity index (χ0n) is 23.2. The van der Waals surface area contributed by atoms with Crippen LogP contribution in [0.2, 0.25) is 0 Å². The first-order valence-electron chi connectivity index (χ1n) is 13.6. The molecule has 6 heteroatoms. The standard InChI is InChI=1S/C33H38N2O4/c1-5-22(19-30(36)39-4)31(37)23-10-8-11-24(16-23)32(34)35-33(38)25-13-14-29(28-12-7-6-9-20(28)2)27(17-25)18-26-15-21(26)3/h5-12,14,16-17,21,25-26,32H,13,15,18-19,34H2,1-4H3,(H,35,38)/b22-5+. The summed E-state index contributed by atoms with van der Waals surface area (Å²) >= 11 is 0. The van der Waals surface area contributed by atoms with Crippen LogP contribution in [0, 0.1) is 24.7 Å². The van der Waals surface area contributed by atoms with Crippen LogP contribution in [-0.4, -0.2) is 24.8 Å². The Morgan fingerprint density at radius 2 is 1.90 bits per heavy atom. The number of esters is 1. The molecule has 204 valence electrons. The first-order valence-corrected chi connectivity index (χ1v) is 13.6. The van der Waals surface area contributed by atoms with Gasteiger partial charge in [0.15, 0.2) is 5.78 Å². The Balaban J connectivity index is 1.48. The van der Waals surface area contributed by atoms with Gasteiger partial charge in [0.05, 0.1) is 19.4 Å². The van der Waals surface area contributed by atoms with E-state index in [2.05, 4.69) is 49.5 Å². The Labute approximate surface area is 231 Å². The van der Waals surface area contributed by atoms with Gasteiger partial charge in [-0.25, -0.2) is 0 Å². The number of rotatable bonds is 10. The fraction of sp³-hybridized carbons (Fsp3) is 0.364. The van der Waals surface area contributed by atoms with Crippen LogP contribution in [0.1, 0.15) is 72.7 Å². The topological polar surface area (TPSA) is 98.5 Å². The molecule has 2 aliphatic carbocycles. The van der Waals surface area contributed by atoms with Gasteiger partial charge in [-0.3, -0.25) is 14.4 Å². The number of methoxy groups -OCH3 is 1. The minimum absolute atomic E-state index is 0.104. The zero-order valence-corrected chi connectivity index (χ0v) is 23.2. The van der Waals surface area contributed by atoms with Gasteiger partial charge >= 0.3 is 5.97 Å². The summed E-state index contributed by atoms with van der Waals surface area (Å²) in [6.45, 7) is 6.11. The van der Waals surface area contributed by atoms with E-state index < -0.39 is 12.1 Å². The van der Waals surface area contributed by atoms with Gasteiger partial charge in [0, 0.05) is 11.1 Å². The number of hydrogen-bond acceptors (Lipinski definition) is 5. The summed E-state index contributed by atoms with van der Waals surface area (Å²) in [5.74, 6) is 0.179. The molecule has 0 aromatic heterocycles. The van der Waals surface area contributed by atoms with Crippen molar-refractivity contribution >= 4 is 23.2 Å². The maximum absolute atomic E-state index is 13.3. The number of ketones is 1. The van der Waals surface area contributed by atoms with Crippen molar-refractivity contribution in [2.24, 2.45) is 23.5 Å². The number of amides is 1. The van der Waals surface area contributed by atoms with Crippen LogP contribution in [-0.2, 0) is 14.3 Å². The number of nitrogens with one attached hydrogen (secondary N) is 1. The molecule has 1 fully saturated rings. The van der Waals surface area contributed by atoms with Crippen LogP contribution < -0.4 is 11.1 Å². The number of allylic oxidation sites excluding steroid dienone is 4. The maximum atomic E-state index is 13.3. The number of carbonyl (C=O) groups excluding carboxylic acids is 3. The van der Waals surface area contributed by atoms with E-state index in [-0.39, 0.29) is 24.0 Å². The van der Waals surface area contributed by atoms with E-state index in [4.69, 9.17) is 10.5 Å². The van der Waals surface area contributed by atoms with Gasteiger partial charge in [0.1, 0.15) is 6.17 Å². The largest absolute Gasteiger partial charge is 0.469 e. The number of ether oxygens (including phenoxy) is 1. The van der Waals surface area contributed by atoms with Crippen LogP contribution in [0.15, 0.2) is 77.9 Å². The first-order chi connectivity index (χ1) is 18.7. The molecule has 4 unspecified atom stereocenters. The average Bonchev–Trinajstić information content (AvgIpc) is 3.65. The van der Waals surface area contributed by atoms with E-state index >= 15 is 0 Å². The van der Waals surface area contributed by atoms with Crippen LogP contribution >= 0.6 is 0 Å². The van der Waals surface area contributed by atoms with Gasteiger partial charge in [-0.1, -0.05) is 67.6 Å². The first kappa shape index (κ1) is 28.2. The molecule has 2 aliphatic rings. The van der Waals surface area contributed by atoms with E-state index in [1.54, 1.807) is 37.3 Å². The molecule has 0 saturated heterocycles. The molecule has 6 nitrogen and oxygen atoms in total. The molecule has 2 aromatic rings. The van der Waals surface area contributed by atoms with Crippen molar-refractivity contribution in [3.8, 4) is 0 Å². The lowest BCUT2D eigenvalue weighted by Crippen LogP contribution is -2.38. The van der Waals surface area contributed by atoms with E-state index in [1.165, 1.54) is 35.8 Å². The van der Waals surface area contributed by atoms with E-state index in [9.17, 15) is 14.4 Å². The third kappa shape index (κ3) is 6.82. The monoisotopic (exact) mass is 526 g/mol. The summed E-state index contributed by atoms with van der Waals surface area (Å²) in [7, 11) is 1.29. The van der Waals surface area contributed by atoms with Crippen molar-refractivity contribution in [1.82, 2.24) is 5.32 Å². The fourth-order valence-corrected chi connectivity index (χ4v) is 5.20.